The number of thiazole rings is 1. The number of aromatic nitrogens is 1. The molecule has 27 heavy (non-hydrogen) atoms. The van der Waals surface area contributed by atoms with Gasteiger partial charge in [-0.3, -0.25) is 4.99 Å². The van der Waals surface area contributed by atoms with Crippen LogP contribution in [0.1, 0.15) is 60.5 Å². The Kier molecular flexibility index (Phi) is 5.34. The third-order valence-corrected chi connectivity index (χ3v) is 6.74. The van der Waals surface area contributed by atoms with Gasteiger partial charge in [-0.05, 0) is 38.2 Å². The van der Waals surface area contributed by atoms with E-state index in [1.54, 1.807) is 11.3 Å². The number of guanidine groups is 1. The largest absolute Gasteiger partial charge is 0.487 e. The second kappa shape index (κ2) is 7.89. The van der Waals surface area contributed by atoms with E-state index in [0.29, 0.717) is 6.54 Å². The quantitative estimate of drug-likeness (QED) is 0.612. The van der Waals surface area contributed by atoms with E-state index in [2.05, 4.69) is 51.8 Å². The van der Waals surface area contributed by atoms with E-state index in [1.165, 1.54) is 23.3 Å². The molecule has 1 aromatic carbocycles. The van der Waals surface area contributed by atoms with E-state index in [4.69, 9.17) is 4.74 Å². The Bertz CT molecular complexity index is 810. The summed E-state index contributed by atoms with van der Waals surface area (Å²) in [6.07, 6.45) is 8.79. The van der Waals surface area contributed by atoms with Crippen molar-refractivity contribution in [1.29, 1.82) is 0 Å². The smallest absolute Gasteiger partial charge is 0.191 e. The van der Waals surface area contributed by atoms with Crippen LogP contribution in [0.3, 0.4) is 0 Å². The zero-order valence-corrected chi connectivity index (χ0v) is 16.9. The Morgan fingerprint density at radius 1 is 1.33 bits per heavy atom. The number of nitrogens with one attached hydrogen (secondary N) is 2. The number of aryl methyl sites for hydroxylation is 1. The van der Waals surface area contributed by atoms with Crippen molar-refractivity contribution in [3.05, 3.63) is 45.9 Å². The minimum absolute atomic E-state index is 0.0177. The zero-order chi connectivity index (χ0) is 18.7. The maximum Gasteiger partial charge on any atom is 0.191 e. The lowest BCUT2D eigenvalue weighted by Gasteiger charge is -2.40. The van der Waals surface area contributed by atoms with E-state index in [0.717, 1.165) is 42.4 Å². The summed E-state index contributed by atoms with van der Waals surface area (Å²) in [6.45, 7) is 2.85. The lowest BCUT2D eigenvalue weighted by molar-refractivity contribution is 0.0396. The van der Waals surface area contributed by atoms with Crippen molar-refractivity contribution in [3.8, 4) is 5.75 Å². The van der Waals surface area contributed by atoms with E-state index in [-0.39, 0.29) is 11.6 Å². The molecule has 0 amide bonds. The molecule has 2 aliphatic rings. The van der Waals surface area contributed by atoms with Gasteiger partial charge in [0.1, 0.15) is 16.4 Å². The van der Waals surface area contributed by atoms with Gasteiger partial charge in [-0.1, -0.05) is 25.1 Å². The van der Waals surface area contributed by atoms with Gasteiger partial charge in [0.15, 0.2) is 5.96 Å². The molecule has 1 spiro atoms. The number of ether oxygens (including phenoxy) is 1. The Labute approximate surface area is 165 Å². The molecule has 1 aromatic heterocycles. The van der Waals surface area contributed by atoms with Gasteiger partial charge in [-0.2, -0.15) is 0 Å². The predicted molar refractivity (Wildman–Crippen MR) is 110 cm³/mol. The first-order chi connectivity index (χ1) is 13.2. The van der Waals surface area contributed by atoms with Gasteiger partial charge in [0.05, 0.1) is 12.6 Å². The molecule has 0 bridgehead atoms. The molecular formula is C21H28N4OS. The number of hydrogen-bond acceptors (Lipinski definition) is 4. The van der Waals surface area contributed by atoms with Crippen molar-refractivity contribution < 1.29 is 4.74 Å². The van der Waals surface area contributed by atoms with Crippen LogP contribution in [0.2, 0.25) is 0 Å². The third kappa shape index (κ3) is 3.95. The van der Waals surface area contributed by atoms with Crippen LogP contribution in [0, 0.1) is 0 Å². The molecular weight excluding hydrogens is 356 g/mol. The summed E-state index contributed by atoms with van der Waals surface area (Å²) in [4.78, 5) is 10.2. The fraction of sp³-hybridized carbons (Fsp3) is 0.524. The fourth-order valence-corrected chi connectivity index (χ4v) is 4.99. The van der Waals surface area contributed by atoms with Crippen LogP contribution < -0.4 is 15.4 Å². The van der Waals surface area contributed by atoms with Crippen molar-refractivity contribution in [1.82, 2.24) is 15.6 Å². The maximum atomic E-state index is 6.46. The third-order valence-electron chi connectivity index (χ3n) is 5.60. The first kappa shape index (κ1) is 18.3. The van der Waals surface area contributed by atoms with Crippen molar-refractivity contribution in [2.45, 2.75) is 63.6 Å². The summed E-state index contributed by atoms with van der Waals surface area (Å²) in [7, 11) is 1.82. The first-order valence-corrected chi connectivity index (χ1v) is 10.7. The number of aliphatic imine (C=N–C) groups is 1. The number of rotatable bonds is 4. The molecule has 0 saturated heterocycles. The lowest BCUT2D eigenvalue weighted by atomic mass is 9.86. The lowest BCUT2D eigenvalue weighted by Crippen LogP contribution is -2.46. The minimum atomic E-state index is -0.0177. The number of nitrogens with zero attached hydrogens (tertiary/aromatic N) is 2. The number of fused-ring (bicyclic) bond motifs is 1. The molecule has 1 saturated carbocycles. The summed E-state index contributed by atoms with van der Waals surface area (Å²) in [5, 5.41) is 8.16. The average Bonchev–Trinajstić information content (AvgIpc) is 3.34. The van der Waals surface area contributed by atoms with E-state index >= 15 is 0 Å². The van der Waals surface area contributed by atoms with Gasteiger partial charge in [-0.25, -0.2) is 4.98 Å². The molecule has 144 valence electrons. The maximum absolute atomic E-state index is 6.46. The molecule has 1 fully saturated rings. The molecule has 2 heterocycles. The van der Waals surface area contributed by atoms with Crippen molar-refractivity contribution >= 4 is 17.3 Å². The molecule has 2 aromatic rings. The Hall–Kier alpha value is -2.08. The Balaban J connectivity index is 1.47. The number of hydrogen-bond donors (Lipinski definition) is 2. The SMILES string of the molecule is CCc1cnc(CNC(=NC)NC2CC3(CCCC3)Oc3ccccc32)s1. The molecule has 5 nitrogen and oxygen atoms in total. The normalized spacial score (nSPS) is 21.0. The summed E-state index contributed by atoms with van der Waals surface area (Å²) in [6, 6.07) is 8.62. The second-order valence-corrected chi connectivity index (χ2v) is 8.63. The van der Waals surface area contributed by atoms with Gasteiger partial charge < -0.3 is 15.4 Å². The summed E-state index contributed by atoms with van der Waals surface area (Å²) in [5.41, 5.74) is 1.21. The van der Waals surface area contributed by atoms with Crippen LogP contribution >= 0.6 is 11.3 Å². The van der Waals surface area contributed by atoms with Gasteiger partial charge in [0, 0.05) is 30.1 Å². The van der Waals surface area contributed by atoms with Crippen LogP contribution in [0.25, 0.3) is 0 Å². The van der Waals surface area contributed by atoms with Gasteiger partial charge in [0.25, 0.3) is 0 Å². The Morgan fingerprint density at radius 3 is 2.89 bits per heavy atom. The highest BCUT2D eigenvalue weighted by Crippen LogP contribution is 2.46. The highest BCUT2D eigenvalue weighted by Gasteiger charge is 2.43. The van der Waals surface area contributed by atoms with Crippen LogP contribution in [0.5, 0.6) is 5.75 Å². The summed E-state index contributed by atoms with van der Waals surface area (Å²) < 4.78 is 6.46. The van der Waals surface area contributed by atoms with Crippen LogP contribution in [0.15, 0.2) is 35.5 Å². The molecule has 1 unspecified atom stereocenters. The minimum Gasteiger partial charge on any atom is -0.487 e. The predicted octanol–water partition coefficient (Wildman–Crippen LogP) is 4.21. The highest BCUT2D eigenvalue weighted by atomic mass is 32.1. The monoisotopic (exact) mass is 384 g/mol. The van der Waals surface area contributed by atoms with E-state index < -0.39 is 0 Å². The van der Waals surface area contributed by atoms with Gasteiger partial charge >= 0.3 is 0 Å². The molecule has 1 atom stereocenters. The second-order valence-electron chi connectivity index (χ2n) is 7.43. The summed E-state index contributed by atoms with van der Waals surface area (Å²) >= 11 is 1.76. The molecule has 1 aliphatic carbocycles. The molecule has 2 N–H and O–H groups in total. The topological polar surface area (TPSA) is 58.5 Å². The average molecular weight is 385 g/mol. The van der Waals surface area contributed by atoms with Crippen molar-refractivity contribution in [2.75, 3.05) is 7.05 Å². The first-order valence-electron chi connectivity index (χ1n) is 9.90. The number of para-hydroxylation sites is 1. The highest BCUT2D eigenvalue weighted by molar-refractivity contribution is 7.11. The molecule has 1 aliphatic heterocycles. The standard InChI is InChI=1S/C21H28N4OS/c1-3-15-13-23-19(27-15)14-24-20(22-2)25-17-12-21(10-6-7-11-21)26-18-9-5-4-8-16(17)18/h4-5,8-9,13,17H,3,6-7,10-12,14H2,1-2H3,(H2,22,24,25). The van der Waals surface area contributed by atoms with Crippen LogP contribution in [0.4, 0.5) is 0 Å². The van der Waals surface area contributed by atoms with Crippen LogP contribution in [-0.2, 0) is 13.0 Å². The van der Waals surface area contributed by atoms with Gasteiger partial charge in [-0.15, -0.1) is 11.3 Å². The summed E-state index contributed by atoms with van der Waals surface area (Å²) in [5.74, 6) is 1.84. The van der Waals surface area contributed by atoms with E-state index in [1.807, 2.05) is 13.2 Å². The van der Waals surface area contributed by atoms with Crippen molar-refractivity contribution in [2.24, 2.45) is 4.99 Å². The van der Waals surface area contributed by atoms with Crippen molar-refractivity contribution in [3.63, 3.8) is 0 Å². The van der Waals surface area contributed by atoms with E-state index in [9.17, 15) is 0 Å². The fourth-order valence-electron chi connectivity index (χ4n) is 4.18. The Morgan fingerprint density at radius 2 is 2.15 bits per heavy atom. The molecule has 0 radical (unpaired) electrons. The van der Waals surface area contributed by atoms with Gasteiger partial charge in [0.2, 0.25) is 0 Å². The number of benzene rings is 1. The molecule has 4 rings (SSSR count). The molecule has 6 heteroatoms. The zero-order valence-electron chi connectivity index (χ0n) is 16.1. The van der Waals surface area contributed by atoms with Crippen LogP contribution in [-0.4, -0.2) is 23.6 Å².